The molecule has 0 unspecified atom stereocenters. The van der Waals surface area contributed by atoms with Crippen LogP contribution in [-0.4, -0.2) is 44.9 Å². The first-order chi connectivity index (χ1) is 14.3. The number of rotatable bonds is 7. The molecule has 162 valence electrons. The fourth-order valence-electron chi connectivity index (χ4n) is 3.65. The number of piperidine rings is 1. The first kappa shape index (κ1) is 22.3. The highest BCUT2D eigenvalue weighted by atomic mass is 32.2. The average molecular weight is 431 g/mol. The predicted molar refractivity (Wildman–Crippen MR) is 118 cm³/mol. The molecule has 0 atom stereocenters. The Balaban J connectivity index is 1.63. The number of hydrogen-bond donors (Lipinski definition) is 1. The van der Waals surface area contributed by atoms with Gasteiger partial charge in [0.05, 0.1) is 11.4 Å². The lowest BCUT2D eigenvalue weighted by Crippen LogP contribution is -2.36. The van der Waals surface area contributed by atoms with E-state index in [4.69, 9.17) is 4.74 Å². The van der Waals surface area contributed by atoms with Crippen LogP contribution < -0.4 is 10.1 Å². The number of sulfonamides is 1. The maximum atomic E-state index is 13.0. The quantitative estimate of drug-likeness (QED) is 0.681. The topological polar surface area (TPSA) is 75.7 Å². The van der Waals surface area contributed by atoms with Crippen molar-refractivity contribution in [2.45, 2.75) is 44.9 Å². The third-order valence-corrected chi connectivity index (χ3v) is 7.40. The highest BCUT2D eigenvalue weighted by Gasteiger charge is 2.28. The molecule has 0 aliphatic carbocycles. The van der Waals surface area contributed by atoms with E-state index >= 15 is 0 Å². The zero-order chi connectivity index (χ0) is 21.7. The predicted octanol–water partition coefficient (Wildman–Crippen LogP) is 3.60. The summed E-state index contributed by atoms with van der Waals surface area (Å²) in [6.45, 7) is 7.50. The second-order valence-electron chi connectivity index (χ2n) is 7.82. The maximum absolute atomic E-state index is 13.0. The monoisotopic (exact) mass is 430 g/mol. The van der Waals surface area contributed by atoms with Gasteiger partial charge in [-0.15, -0.1) is 0 Å². The number of benzene rings is 2. The van der Waals surface area contributed by atoms with Crippen LogP contribution >= 0.6 is 0 Å². The van der Waals surface area contributed by atoms with Crippen LogP contribution in [0.5, 0.6) is 5.75 Å². The van der Waals surface area contributed by atoms with Gasteiger partial charge in [-0.2, -0.15) is 4.31 Å². The van der Waals surface area contributed by atoms with Crippen LogP contribution in [0.15, 0.2) is 41.3 Å². The summed E-state index contributed by atoms with van der Waals surface area (Å²) in [6.07, 6.45) is 2.80. The van der Waals surface area contributed by atoms with E-state index < -0.39 is 10.0 Å². The van der Waals surface area contributed by atoms with E-state index in [0.29, 0.717) is 37.4 Å². The Morgan fingerprint density at radius 1 is 1.00 bits per heavy atom. The van der Waals surface area contributed by atoms with Crippen LogP contribution in [0.1, 0.15) is 46.3 Å². The summed E-state index contributed by atoms with van der Waals surface area (Å²) in [5.41, 5.74) is 3.20. The van der Waals surface area contributed by atoms with Crippen LogP contribution in [0.4, 0.5) is 0 Å². The minimum Gasteiger partial charge on any atom is -0.491 e. The van der Waals surface area contributed by atoms with Crippen LogP contribution in [0.25, 0.3) is 0 Å². The molecule has 7 heteroatoms. The van der Waals surface area contributed by atoms with E-state index in [9.17, 15) is 13.2 Å². The molecule has 0 saturated carbocycles. The summed E-state index contributed by atoms with van der Waals surface area (Å²) in [6, 6.07) is 10.8. The molecule has 0 radical (unpaired) electrons. The van der Waals surface area contributed by atoms with Gasteiger partial charge in [0.2, 0.25) is 10.0 Å². The summed E-state index contributed by atoms with van der Waals surface area (Å²) in [7, 11) is -3.59. The molecule has 6 nitrogen and oxygen atoms in total. The second kappa shape index (κ2) is 9.62. The largest absolute Gasteiger partial charge is 0.491 e. The third kappa shape index (κ3) is 5.21. The molecule has 1 N–H and O–H groups in total. The van der Waals surface area contributed by atoms with Crippen molar-refractivity contribution in [3.63, 3.8) is 0 Å². The number of ether oxygens (including phenoxy) is 1. The van der Waals surface area contributed by atoms with Crippen LogP contribution in [0, 0.1) is 20.8 Å². The number of nitrogens with zero attached hydrogens (tertiary/aromatic N) is 1. The molecule has 30 heavy (non-hydrogen) atoms. The van der Waals surface area contributed by atoms with Crippen molar-refractivity contribution in [2.75, 3.05) is 26.2 Å². The molecule has 1 saturated heterocycles. The fourth-order valence-corrected chi connectivity index (χ4v) is 5.42. The summed E-state index contributed by atoms with van der Waals surface area (Å²) in [5, 5.41) is 2.81. The maximum Gasteiger partial charge on any atom is 0.251 e. The van der Waals surface area contributed by atoms with Crippen molar-refractivity contribution in [1.82, 2.24) is 9.62 Å². The normalized spacial score (nSPS) is 15.0. The molecule has 2 aromatic carbocycles. The number of hydrogen-bond acceptors (Lipinski definition) is 4. The van der Waals surface area contributed by atoms with Crippen LogP contribution in [0.3, 0.4) is 0 Å². The summed E-state index contributed by atoms with van der Waals surface area (Å²) in [4.78, 5) is 12.8. The second-order valence-corrected chi connectivity index (χ2v) is 9.72. The third-order valence-electron chi connectivity index (χ3n) is 5.36. The smallest absolute Gasteiger partial charge is 0.251 e. The van der Waals surface area contributed by atoms with E-state index in [1.807, 2.05) is 32.0 Å². The minimum absolute atomic E-state index is 0.212. The lowest BCUT2D eigenvalue weighted by molar-refractivity contribution is 0.0946. The van der Waals surface area contributed by atoms with Crippen molar-refractivity contribution in [3.8, 4) is 5.75 Å². The standard InChI is InChI=1S/C23H30N2O4S/c1-17-7-10-21(19(3)15-17)29-14-11-24-23(26)20-9-8-18(2)22(16-20)30(27,28)25-12-5-4-6-13-25/h7-10,15-16H,4-6,11-14H2,1-3H3,(H,24,26). The molecule has 0 aromatic heterocycles. The Hall–Kier alpha value is -2.38. The lowest BCUT2D eigenvalue weighted by atomic mass is 10.1. The van der Waals surface area contributed by atoms with Gasteiger partial charge in [0.1, 0.15) is 12.4 Å². The van der Waals surface area contributed by atoms with Gasteiger partial charge in [-0.3, -0.25) is 4.79 Å². The Kier molecular flexibility index (Phi) is 7.15. The zero-order valence-corrected chi connectivity index (χ0v) is 18.7. The Bertz CT molecular complexity index is 1010. The Morgan fingerprint density at radius 3 is 2.43 bits per heavy atom. The molecule has 0 spiro atoms. The van der Waals surface area contributed by atoms with Gasteiger partial charge in [0, 0.05) is 18.7 Å². The minimum atomic E-state index is -3.59. The lowest BCUT2D eigenvalue weighted by Gasteiger charge is -2.26. The fraction of sp³-hybridized carbons (Fsp3) is 0.435. The van der Waals surface area contributed by atoms with E-state index in [-0.39, 0.29) is 10.8 Å². The Morgan fingerprint density at radius 2 is 1.73 bits per heavy atom. The Labute approximate surface area is 179 Å². The number of amides is 1. The van der Waals surface area contributed by atoms with Crippen molar-refractivity contribution in [1.29, 1.82) is 0 Å². The van der Waals surface area contributed by atoms with E-state index in [0.717, 1.165) is 30.6 Å². The van der Waals surface area contributed by atoms with Gasteiger partial charge >= 0.3 is 0 Å². The molecule has 3 rings (SSSR count). The molecule has 0 bridgehead atoms. The molecule has 1 aliphatic rings. The molecule has 1 aliphatic heterocycles. The summed E-state index contributed by atoms with van der Waals surface area (Å²) >= 11 is 0. The molecule has 2 aromatic rings. The first-order valence-electron chi connectivity index (χ1n) is 10.4. The first-order valence-corrected chi connectivity index (χ1v) is 11.8. The van der Waals surface area contributed by atoms with Gasteiger partial charge in [-0.25, -0.2) is 8.42 Å². The number of aryl methyl sites for hydroxylation is 3. The van der Waals surface area contributed by atoms with Crippen molar-refractivity contribution < 1.29 is 17.9 Å². The van der Waals surface area contributed by atoms with Crippen LogP contribution in [0.2, 0.25) is 0 Å². The van der Waals surface area contributed by atoms with E-state index in [1.54, 1.807) is 19.1 Å². The average Bonchev–Trinajstić information content (AvgIpc) is 2.73. The van der Waals surface area contributed by atoms with Gasteiger partial charge in [-0.1, -0.05) is 30.2 Å². The molecule has 1 heterocycles. The SMILES string of the molecule is Cc1ccc(OCCNC(=O)c2ccc(C)c(S(=O)(=O)N3CCCCC3)c2)c(C)c1. The van der Waals surface area contributed by atoms with Gasteiger partial charge < -0.3 is 10.1 Å². The molecular formula is C23H30N2O4S. The highest BCUT2D eigenvalue weighted by molar-refractivity contribution is 7.89. The molecule has 1 fully saturated rings. The highest BCUT2D eigenvalue weighted by Crippen LogP contribution is 2.24. The van der Waals surface area contributed by atoms with Crippen molar-refractivity contribution >= 4 is 15.9 Å². The van der Waals surface area contributed by atoms with Gasteiger partial charge in [0.25, 0.3) is 5.91 Å². The number of nitrogens with one attached hydrogen (secondary N) is 1. The van der Waals surface area contributed by atoms with E-state index in [1.165, 1.54) is 15.9 Å². The summed E-state index contributed by atoms with van der Waals surface area (Å²) < 4.78 is 33.3. The molecular weight excluding hydrogens is 400 g/mol. The van der Waals surface area contributed by atoms with E-state index in [2.05, 4.69) is 5.32 Å². The van der Waals surface area contributed by atoms with Crippen LogP contribution in [-0.2, 0) is 10.0 Å². The van der Waals surface area contributed by atoms with Crippen molar-refractivity contribution in [2.24, 2.45) is 0 Å². The zero-order valence-electron chi connectivity index (χ0n) is 17.9. The number of carbonyl (C=O) groups excluding carboxylic acids is 1. The van der Waals surface area contributed by atoms with Gasteiger partial charge in [0.15, 0.2) is 0 Å². The van der Waals surface area contributed by atoms with Gasteiger partial charge in [-0.05, 0) is 62.9 Å². The summed E-state index contributed by atoms with van der Waals surface area (Å²) in [5.74, 6) is 0.481. The van der Waals surface area contributed by atoms with Crippen molar-refractivity contribution in [3.05, 3.63) is 58.7 Å². The number of carbonyl (C=O) groups is 1. The molecule has 1 amide bonds.